The molecule has 0 aliphatic carbocycles. The summed E-state index contributed by atoms with van der Waals surface area (Å²) in [4.78, 5) is 14.3. The maximum Gasteiger partial charge on any atom is 0.149 e. The molecule has 0 aromatic carbocycles. The minimum absolute atomic E-state index is 0.428. The van der Waals surface area contributed by atoms with Gasteiger partial charge in [0.15, 0.2) is 0 Å². The Morgan fingerprint density at radius 2 is 2.33 bits per heavy atom. The zero-order valence-corrected chi connectivity index (χ0v) is 9.11. The third kappa shape index (κ3) is 2.41. The zero-order valence-electron chi connectivity index (χ0n) is 8.29. The van der Waals surface area contributed by atoms with Crippen LogP contribution in [0.5, 0.6) is 0 Å². The lowest BCUT2D eigenvalue weighted by atomic mass is 10.4. The van der Waals surface area contributed by atoms with Crippen LogP contribution < -0.4 is 10.6 Å². The molecule has 2 rings (SSSR count). The van der Waals surface area contributed by atoms with Gasteiger partial charge in [-0.25, -0.2) is 9.97 Å². The van der Waals surface area contributed by atoms with E-state index in [9.17, 15) is 0 Å². The molecule has 0 saturated heterocycles. The fourth-order valence-corrected chi connectivity index (χ4v) is 1.74. The topological polar surface area (TPSA) is 67.9 Å². The molecule has 0 saturated carbocycles. The van der Waals surface area contributed by atoms with Gasteiger partial charge in [-0.1, -0.05) is 0 Å². The van der Waals surface area contributed by atoms with Crippen LogP contribution in [0.25, 0.3) is 0 Å². The van der Waals surface area contributed by atoms with E-state index >= 15 is 0 Å². The molecule has 0 bridgehead atoms. The third-order valence-electron chi connectivity index (χ3n) is 1.91. The molecule has 2 heterocycles. The second kappa shape index (κ2) is 4.22. The Bertz CT molecular complexity index is 428. The molecule has 0 spiro atoms. The number of nitrogen functional groups attached to an aromatic ring is 1. The van der Waals surface area contributed by atoms with Gasteiger partial charge in [0, 0.05) is 12.4 Å². The van der Waals surface area contributed by atoms with Crippen molar-refractivity contribution in [1.82, 2.24) is 15.0 Å². The highest BCUT2D eigenvalue weighted by Gasteiger charge is 2.05. The summed E-state index contributed by atoms with van der Waals surface area (Å²) in [6.07, 6.45) is 3.21. The number of hydrogen-bond acceptors (Lipinski definition) is 6. The van der Waals surface area contributed by atoms with E-state index in [0.717, 1.165) is 11.5 Å². The Morgan fingerprint density at radius 3 is 3.00 bits per heavy atom. The number of anilines is 2. The molecule has 0 aliphatic rings. The van der Waals surface area contributed by atoms with Gasteiger partial charge < -0.3 is 10.6 Å². The van der Waals surface area contributed by atoms with Crippen LogP contribution in [0.3, 0.4) is 0 Å². The quantitative estimate of drug-likeness (QED) is 0.842. The monoisotopic (exact) mass is 221 g/mol. The summed E-state index contributed by atoms with van der Waals surface area (Å²) in [6, 6.07) is 0. The molecule has 2 N–H and O–H groups in total. The number of rotatable bonds is 3. The van der Waals surface area contributed by atoms with Gasteiger partial charge in [0.2, 0.25) is 0 Å². The fraction of sp³-hybridized carbons (Fsp3) is 0.222. The summed E-state index contributed by atoms with van der Waals surface area (Å²) in [5, 5.41) is 2.01. The lowest BCUT2D eigenvalue weighted by Crippen LogP contribution is -2.18. The molecule has 78 valence electrons. The van der Waals surface area contributed by atoms with Crippen molar-refractivity contribution in [2.45, 2.75) is 6.54 Å². The van der Waals surface area contributed by atoms with Crippen LogP contribution in [0.2, 0.25) is 0 Å². The normalized spacial score (nSPS) is 10.2. The van der Waals surface area contributed by atoms with Crippen molar-refractivity contribution < 1.29 is 0 Å². The second-order valence-corrected chi connectivity index (χ2v) is 3.86. The van der Waals surface area contributed by atoms with Gasteiger partial charge in [-0.15, -0.1) is 11.3 Å². The minimum atomic E-state index is 0.428. The van der Waals surface area contributed by atoms with Crippen molar-refractivity contribution >= 4 is 23.0 Å². The van der Waals surface area contributed by atoms with Crippen molar-refractivity contribution in [1.29, 1.82) is 0 Å². The molecular formula is C9H11N5S. The first-order valence-electron chi connectivity index (χ1n) is 4.41. The molecule has 0 amide bonds. The minimum Gasteiger partial charge on any atom is -0.382 e. The maximum absolute atomic E-state index is 5.56. The Hall–Kier alpha value is -1.69. The average Bonchev–Trinajstić information content (AvgIpc) is 2.70. The van der Waals surface area contributed by atoms with E-state index in [4.69, 9.17) is 5.73 Å². The van der Waals surface area contributed by atoms with E-state index in [2.05, 4.69) is 15.0 Å². The number of aromatic nitrogens is 3. The average molecular weight is 221 g/mol. The van der Waals surface area contributed by atoms with Crippen LogP contribution in [0.4, 0.5) is 11.6 Å². The first kappa shape index (κ1) is 9.85. The van der Waals surface area contributed by atoms with Gasteiger partial charge >= 0.3 is 0 Å². The highest BCUT2D eigenvalue weighted by Crippen LogP contribution is 2.12. The van der Waals surface area contributed by atoms with Gasteiger partial charge in [0.05, 0.1) is 30.1 Å². The van der Waals surface area contributed by atoms with Gasteiger partial charge in [0.25, 0.3) is 0 Å². The van der Waals surface area contributed by atoms with Crippen molar-refractivity contribution in [3.8, 4) is 0 Å². The second-order valence-electron chi connectivity index (χ2n) is 3.14. The standard InChI is InChI=1S/C9H11N5S/c1-14(4-7-5-15-6-12-7)9-3-11-2-8(10)13-9/h2-3,5-6H,4H2,1H3,(H2,10,13). The van der Waals surface area contributed by atoms with E-state index in [0.29, 0.717) is 12.4 Å². The molecule has 0 unspecified atom stereocenters. The van der Waals surface area contributed by atoms with Crippen molar-refractivity contribution in [2.75, 3.05) is 17.7 Å². The first-order chi connectivity index (χ1) is 7.25. The van der Waals surface area contributed by atoms with E-state index in [-0.39, 0.29) is 0 Å². The lowest BCUT2D eigenvalue weighted by Gasteiger charge is -2.16. The Labute approximate surface area is 91.6 Å². The summed E-state index contributed by atoms with van der Waals surface area (Å²) in [5.41, 5.74) is 8.39. The molecule has 0 fully saturated rings. The summed E-state index contributed by atoms with van der Waals surface area (Å²) in [5.74, 6) is 1.18. The van der Waals surface area contributed by atoms with E-state index in [1.807, 2.05) is 22.8 Å². The zero-order chi connectivity index (χ0) is 10.7. The van der Waals surface area contributed by atoms with E-state index in [1.54, 1.807) is 17.5 Å². The molecule has 15 heavy (non-hydrogen) atoms. The number of thiazole rings is 1. The van der Waals surface area contributed by atoms with Gasteiger partial charge in [-0.3, -0.25) is 4.98 Å². The molecule has 0 aliphatic heterocycles. The SMILES string of the molecule is CN(Cc1cscn1)c1cncc(N)n1. The largest absolute Gasteiger partial charge is 0.382 e. The summed E-state index contributed by atoms with van der Waals surface area (Å²) in [7, 11) is 1.93. The van der Waals surface area contributed by atoms with Crippen LogP contribution >= 0.6 is 11.3 Å². The van der Waals surface area contributed by atoms with Crippen LogP contribution in [0.1, 0.15) is 5.69 Å². The number of nitrogens with two attached hydrogens (primary N) is 1. The van der Waals surface area contributed by atoms with Crippen LogP contribution in [-0.2, 0) is 6.54 Å². The van der Waals surface area contributed by atoms with E-state index < -0.39 is 0 Å². The fourth-order valence-electron chi connectivity index (χ4n) is 1.19. The summed E-state index contributed by atoms with van der Waals surface area (Å²) < 4.78 is 0. The predicted octanol–water partition coefficient (Wildman–Crippen LogP) is 1.15. The molecule has 6 heteroatoms. The van der Waals surface area contributed by atoms with Gasteiger partial charge in [-0.05, 0) is 0 Å². The molecule has 0 atom stereocenters. The Morgan fingerprint density at radius 1 is 1.47 bits per heavy atom. The highest BCUT2D eigenvalue weighted by molar-refractivity contribution is 7.07. The smallest absolute Gasteiger partial charge is 0.149 e. The maximum atomic E-state index is 5.56. The predicted molar refractivity (Wildman–Crippen MR) is 60.7 cm³/mol. The van der Waals surface area contributed by atoms with Crippen LogP contribution in [0, 0.1) is 0 Å². The van der Waals surface area contributed by atoms with Crippen molar-refractivity contribution in [2.24, 2.45) is 0 Å². The Kier molecular flexibility index (Phi) is 2.77. The van der Waals surface area contributed by atoms with Gasteiger partial charge in [0.1, 0.15) is 11.6 Å². The number of nitrogens with zero attached hydrogens (tertiary/aromatic N) is 4. The number of hydrogen-bond donors (Lipinski definition) is 1. The van der Waals surface area contributed by atoms with Crippen LogP contribution in [0.15, 0.2) is 23.3 Å². The summed E-state index contributed by atoms with van der Waals surface area (Å²) in [6.45, 7) is 0.710. The molecule has 2 aromatic rings. The summed E-state index contributed by atoms with van der Waals surface area (Å²) >= 11 is 1.58. The Balaban J connectivity index is 2.11. The first-order valence-corrected chi connectivity index (χ1v) is 5.35. The van der Waals surface area contributed by atoms with E-state index in [1.165, 1.54) is 6.20 Å². The van der Waals surface area contributed by atoms with Crippen LogP contribution in [-0.4, -0.2) is 22.0 Å². The third-order valence-corrected chi connectivity index (χ3v) is 2.55. The highest BCUT2D eigenvalue weighted by atomic mass is 32.1. The van der Waals surface area contributed by atoms with Crippen molar-refractivity contribution in [3.05, 3.63) is 29.0 Å². The molecular weight excluding hydrogens is 210 g/mol. The van der Waals surface area contributed by atoms with Crippen molar-refractivity contribution in [3.63, 3.8) is 0 Å². The molecule has 5 nitrogen and oxygen atoms in total. The molecule has 0 radical (unpaired) electrons. The lowest BCUT2D eigenvalue weighted by molar-refractivity contribution is 0.869. The van der Waals surface area contributed by atoms with Gasteiger partial charge in [-0.2, -0.15) is 0 Å². The molecule has 2 aromatic heterocycles.